The molecule has 0 aliphatic heterocycles. The Balaban J connectivity index is 2.96. The van der Waals surface area contributed by atoms with Crippen molar-refractivity contribution in [3.63, 3.8) is 0 Å². The lowest BCUT2D eigenvalue weighted by Gasteiger charge is -2.09. The second-order valence-corrected chi connectivity index (χ2v) is 5.55. The van der Waals surface area contributed by atoms with Crippen molar-refractivity contribution >= 4 is 0 Å². The highest BCUT2D eigenvalue weighted by Crippen LogP contribution is 1.98. The van der Waals surface area contributed by atoms with Crippen molar-refractivity contribution in [2.75, 3.05) is 59.5 Å². The lowest BCUT2D eigenvalue weighted by molar-refractivity contribution is -0.0179. The molecule has 0 aromatic carbocycles. The Bertz CT molecular complexity index is 177. The van der Waals surface area contributed by atoms with Crippen molar-refractivity contribution in [2.45, 2.75) is 40.2 Å². The highest BCUT2D eigenvalue weighted by atomic mass is 16.6. The van der Waals surface area contributed by atoms with Crippen LogP contribution in [0.4, 0.5) is 0 Å². The smallest absolute Gasteiger partial charge is 0.0703 e. The number of hydrogen-bond acceptors (Lipinski definition) is 5. The molecule has 0 fully saturated rings. The van der Waals surface area contributed by atoms with E-state index in [1.165, 1.54) is 0 Å². The molecular formula is C16H34O5. The van der Waals surface area contributed by atoms with Gasteiger partial charge < -0.3 is 23.7 Å². The van der Waals surface area contributed by atoms with Crippen molar-refractivity contribution in [1.82, 2.24) is 0 Å². The van der Waals surface area contributed by atoms with Gasteiger partial charge in [0.1, 0.15) is 0 Å². The van der Waals surface area contributed by atoms with E-state index in [2.05, 4.69) is 13.8 Å². The molecule has 0 amide bonds. The van der Waals surface area contributed by atoms with Gasteiger partial charge in [-0.2, -0.15) is 0 Å². The molecule has 21 heavy (non-hydrogen) atoms. The van der Waals surface area contributed by atoms with Gasteiger partial charge in [0.15, 0.2) is 0 Å². The first-order chi connectivity index (χ1) is 10.1. The third-order valence-electron chi connectivity index (χ3n) is 2.63. The van der Waals surface area contributed by atoms with Crippen molar-refractivity contribution < 1.29 is 23.7 Å². The monoisotopic (exact) mass is 306 g/mol. The standard InChI is InChI=1S/C16H34O5/c1-15(2)5-6-17-7-8-18-9-10-19-11-12-20-13-14-21-16(3)4/h15-16H,5-14H2,1-4H3. The van der Waals surface area contributed by atoms with Crippen molar-refractivity contribution in [3.05, 3.63) is 0 Å². The molecule has 0 radical (unpaired) electrons. The van der Waals surface area contributed by atoms with E-state index in [4.69, 9.17) is 23.7 Å². The van der Waals surface area contributed by atoms with Crippen LogP contribution in [0.25, 0.3) is 0 Å². The second-order valence-electron chi connectivity index (χ2n) is 5.55. The topological polar surface area (TPSA) is 46.2 Å². The van der Waals surface area contributed by atoms with Crippen LogP contribution in [0.3, 0.4) is 0 Å². The largest absolute Gasteiger partial charge is 0.379 e. The summed E-state index contributed by atoms with van der Waals surface area (Å²) in [5, 5.41) is 0. The fraction of sp³-hybridized carbons (Fsp3) is 1.00. The van der Waals surface area contributed by atoms with E-state index in [9.17, 15) is 0 Å². The number of rotatable bonds is 16. The Morgan fingerprint density at radius 1 is 0.524 bits per heavy atom. The molecule has 0 unspecified atom stereocenters. The van der Waals surface area contributed by atoms with Gasteiger partial charge >= 0.3 is 0 Å². The van der Waals surface area contributed by atoms with Crippen molar-refractivity contribution in [2.24, 2.45) is 5.92 Å². The zero-order valence-electron chi connectivity index (χ0n) is 14.3. The van der Waals surface area contributed by atoms with Gasteiger partial charge in [-0.15, -0.1) is 0 Å². The van der Waals surface area contributed by atoms with E-state index in [-0.39, 0.29) is 6.10 Å². The highest BCUT2D eigenvalue weighted by Gasteiger charge is 1.95. The van der Waals surface area contributed by atoms with E-state index >= 15 is 0 Å². The Labute approximate surface area is 130 Å². The highest BCUT2D eigenvalue weighted by molar-refractivity contribution is 4.42. The summed E-state index contributed by atoms with van der Waals surface area (Å²) in [5.41, 5.74) is 0. The molecule has 0 N–H and O–H groups in total. The molecule has 0 rings (SSSR count). The van der Waals surface area contributed by atoms with Gasteiger partial charge in [0.05, 0.1) is 59.0 Å². The fourth-order valence-corrected chi connectivity index (χ4v) is 1.42. The number of hydrogen-bond donors (Lipinski definition) is 0. The van der Waals surface area contributed by atoms with Gasteiger partial charge in [-0.3, -0.25) is 0 Å². The molecule has 0 saturated heterocycles. The van der Waals surface area contributed by atoms with Crippen LogP contribution in [-0.2, 0) is 23.7 Å². The Morgan fingerprint density at radius 3 is 1.29 bits per heavy atom. The first-order valence-electron chi connectivity index (χ1n) is 8.05. The average Bonchev–Trinajstić information content (AvgIpc) is 2.42. The average molecular weight is 306 g/mol. The van der Waals surface area contributed by atoms with Gasteiger partial charge in [0.2, 0.25) is 0 Å². The molecule has 0 heterocycles. The molecular weight excluding hydrogens is 272 g/mol. The molecule has 0 saturated carbocycles. The van der Waals surface area contributed by atoms with Gasteiger partial charge in [0, 0.05) is 6.61 Å². The first-order valence-corrected chi connectivity index (χ1v) is 8.05. The third kappa shape index (κ3) is 19.8. The van der Waals surface area contributed by atoms with Crippen LogP contribution in [-0.4, -0.2) is 65.6 Å². The summed E-state index contributed by atoms with van der Waals surface area (Å²) < 4.78 is 27.0. The lowest BCUT2D eigenvalue weighted by atomic mass is 10.1. The minimum absolute atomic E-state index is 0.261. The molecule has 128 valence electrons. The molecule has 5 nitrogen and oxygen atoms in total. The summed E-state index contributed by atoms with van der Waals surface area (Å²) in [5.74, 6) is 0.693. The minimum Gasteiger partial charge on any atom is -0.379 e. The van der Waals surface area contributed by atoms with Crippen molar-refractivity contribution in [1.29, 1.82) is 0 Å². The van der Waals surface area contributed by atoms with E-state index < -0.39 is 0 Å². The number of ether oxygens (including phenoxy) is 5. The van der Waals surface area contributed by atoms with Crippen LogP contribution in [0.5, 0.6) is 0 Å². The lowest BCUT2D eigenvalue weighted by Crippen LogP contribution is -2.14. The SMILES string of the molecule is CC(C)CCOCCOCCOCCOCCOC(C)C. The maximum Gasteiger partial charge on any atom is 0.0703 e. The Morgan fingerprint density at radius 2 is 0.905 bits per heavy atom. The quantitative estimate of drug-likeness (QED) is 0.410. The predicted molar refractivity (Wildman–Crippen MR) is 83.8 cm³/mol. The summed E-state index contributed by atoms with van der Waals surface area (Å²) in [4.78, 5) is 0. The molecule has 0 spiro atoms. The molecule has 0 atom stereocenters. The van der Waals surface area contributed by atoms with Crippen LogP contribution in [0.1, 0.15) is 34.1 Å². The van der Waals surface area contributed by atoms with E-state index in [1.54, 1.807) is 0 Å². The van der Waals surface area contributed by atoms with Gasteiger partial charge in [-0.1, -0.05) is 13.8 Å². The molecule has 0 aromatic rings. The summed E-state index contributed by atoms with van der Waals surface area (Å²) in [6.07, 6.45) is 1.36. The fourth-order valence-electron chi connectivity index (χ4n) is 1.42. The van der Waals surface area contributed by atoms with Gasteiger partial charge in [-0.05, 0) is 26.2 Å². The van der Waals surface area contributed by atoms with E-state index in [0.717, 1.165) is 13.0 Å². The second kappa shape index (κ2) is 16.2. The maximum absolute atomic E-state index is 5.45. The molecule has 0 bridgehead atoms. The Kier molecular flexibility index (Phi) is 16.0. The summed E-state index contributed by atoms with van der Waals surface area (Å²) in [6.45, 7) is 14.2. The normalized spacial score (nSPS) is 11.7. The maximum atomic E-state index is 5.45. The Hall–Kier alpha value is -0.200. The minimum atomic E-state index is 0.261. The van der Waals surface area contributed by atoms with Crippen LogP contribution in [0.15, 0.2) is 0 Å². The van der Waals surface area contributed by atoms with E-state index in [0.29, 0.717) is 58.8 Å². The van der Waals surface area contributed by atoms with Gasteiger partial charge in [0.25, 0.3) is 0 Å². The zero-order valence-corrected chi connectivity index (χ0v) is 14.3. The third-order valence-corrected chi connectivity index (χ3v) is 2.63. The first kappa shape index (κ1) is 20.8. The zero-order chi connectivity index (χ0) is 15.8. The van der Waals surface area contributed by atoms with E-state index in [1.807, 2.05) is 13.8 Å². The summed E-state index contributed by atoms with van der Waals surface area (Å²) in [7, 11) is 0. The van der Waals surface area contributed by atoms with Gasteiger partial charge in [-0.25, -0.2) is 0 Å². The molecule has 0 aliphatic carbocycles. The van der Waals surface area contributed by atoms with Crippen molar-refractivity contribution in [3.8, 4) is 0 Å². The van der Waals surface area contributed by atoms with Crippen LogP contribution in [0, 0.1) is 5.92 Å². The molecule has 0 aromatic heterocycles. The predicted octanol–water partition coefficient (Wildman–Crippen LogP) is 2.52. The summed E-state index contributed by atoms with van der Waals surface area (Å²) >= 11 is 0. The molecule has 0 aliphatic rings. The molecule has 5 heteroatoms. The van der Waals surface area contributed by atoms with Crippen LogP contribution >= 0.6 is 0 Å². The van der Waals surface area contributed by atoms with Crippen LogP contribution < -0.4 is 0 Å². The summed E-state index contributed by atoms with van der Waals surface area (Å²) in [6, 6.07) is 0. The van der Waals surface area contributed by atoms with Crippen LogP contribution in [0.2, 0.25) is 0 Å².